The van der Waals surface area contributed by atoms with Crippen LogP contribution in [-0.2, 0) is 6.42 Å². The highest BCUT2D eigenvalue weighted by Crippen LogP contribution is 2.38. The second kappa shape index (κ2) is 7.78. The van der Waals surface area contributed by atoms with Crippen LogP contribution in [0.2, 0.25) is 0 Å². The lowest BCUT2D eigenvalue weighted by molar-refractivity contribution is 0.168. The van der Waals surface area contributed by atoms with Crippen molar-refractivity contribution in [2.45, 2.75) is 45.4 Å². The minimum absolute atomic E-state index is 0.0340. The van der Waals surface area contributed by atoms with E-state index in [0.29, 0.717) is 11.8 Å². The monoisotopic (exact) mass is 277 g/mol. The fourth-order valence-electron chi connectivity index (χ4n) is 3.82. The summed E-state index contributed by atoms with van der Waals surface area (Å²) in [7, 11) is 2.03. The van der Waals surface area contributed by atoms with Crippen molar-refractivity contribution in [1.29, 1.82) is 0 Å². The van der Waals surface area contributed by atoms with Crippen molar-refractivity contribution in [3.63, 3.8) is 0 Å². The predicted octanol–water partition coefficient (Wildman–Crippen LogP) is 4.42. The third-order valence-corrected chi connectivity index (χ3v) is 4.85. The number of nitrogens with one attached hydrogen (secondary N) is 1. The molecule has 1 nitrogen and oxygen atoms in total. The topological polar surface area (TPSA) is 12.0 Å². The summed E-state index contributed by atoms with van der Waals surface area (Å²) in [4.78, 5) is 0. The first kappa shape index (κ1) is 15.5. The van der Waals surface area contributed by atoms with E-state index in [1.54, 1.807) is 12.1 Å². The Morgan fingerprint density at radius 1 is 1.20 bits per heavy atom. The summed E-state index contributed by atoms with van der Waals surface area (Å²) in [6.07, 6.45) is 7.43. The fraction of sp³-hybridized carbons (Fsp3) is 0.667. The Bertz CT molecular complexity index is 404. The summed E-state index contributed by atoms with van der Waals surface area (Å²) in [5.41, 5.74) is 0.899. The zero-order chi connectivity index (χ0) is 14.4. The van der Waals surface area contributed by atoms with Gasteiger partial charge in [0.05, 0.1) is 0 Å². The van der Waals surface area contributed by atoms with E-state index >= 15 is 0 Å². The molecule has 1 N–H and O–H groups in total. The molecular weight excluding hydrogens is 249 g/mol. The van der Waals surface area contributed by atoms with E-state index in [1.165, 1.54) is 32.1 Å². The van der Waals surface area contributed by atoms with Crippen molar-refractivity contribution in [3.05, 3.63) is 35.6 Å². The Morgan fingerprint density at radius 3 is 2.70 bits per heavy atom. The van der Waals surface area contributed by atoms with Gasteiger partial charge in [0.2, 0.25) is 0 Å². The smallest absolute Gasteiger partial charge is 0.126 e. The molecule has 1 aliphatic rings. The first-order valence-electron chi connectivity index (χ1n) is 8.12. The zero-order valence-electron chi connectivity index (χ0n) is 12.9. The largest absolute Gasteiger partial charge is 0.319 e. The number of hydrogen-bond donors (Lipinski definition) is 1. The van der Waals surface area contributed by atoms with E-state index in [1.807, 2.05) is 19.2 Å². The van der Waals surface area contributed by atoms with E-state index in [2.05, 4.69) is 12.2 Å². The molecule has 3 atom stereocenters. The highest BCUT2D eigenvalue weighted by molar-refractivity contribution is 5.18. The van der Waals surface area contributed by atoms with Crippen molar-refractivity contribution < 1.29 is 4.39 Å². The average molecular weight is 277 g/mol. The van der Waals surface area contributed by atoms with E-state index in [-0.39, 0.29) is 5.82 Å². The van der Waals surface area contributed by atoms with Gasteiger partial charge in [-0.15, -0.1) is 0 Å². The van der Waals surface area contributed by atoms with Crippen LogP contribution in [0.4, 0.5) is 4.39 Å². The Labute approximate surface area is 123 Å². The van der Waals surface area contributed by atoms with Crippen LogP contribution < -0.4 is 5.32 Å². The van der Waals surface area contributed by atoms with Crippen LogP contribution in [0.3, 0.4) is 0 Å². The average Bonchev–Trinajstić information content (AvgIpc) is 2.45. The molecule has 1 aromatic rings. The van der Waals surface area contributed by atoms with Crippen LogP contribution in [-0.4, -0.2) is 13.6 Å². The summed E-state index contributed by atoms with van der Waals surface area (Å²) >= 11 is 0. The SMILES string of the molecule is CCCC1CCC(CNC)C(Cc2ccccc2F)C1. The van der Waals surface area contributed by atoms with Gasteiger partial charge in [0.25, 0.3) is 0 Å². The molecule has 3 unspecified atom stereocenters. The summed E-state index contributed by atoms with van der Waals surface area (Å²) in [6, 6.07) is 7.28. The molecule has 0 spiro atoms. The highest BCUT2D eigenvalue weighted by atomic mass is 19.1. The Hall–Kier alpha value is -0.890. The standard InChI is InChI=1S/C18H28FN/c1-3-6-14-9-10-16(13-20-2)17(11-14)12-15-7-4-5-8-18(15)19/h4-5,7-8,14,16-17,20H,3,6,9-13H2,1-2H3. The predicted molar refractivity (Wildman–Crippen MR) is 83.3 cm³/mol. The molecule has 0 heterocycles. The fourth-order valence-corrected chi connectivity index (χ4v) is 3.82. The molecule has 1 aliphatic carbocycles. The van der Waals surface area contributed by atoms with Crippen molar-refractivity contribution in [1.82, 2.24) is 5.32 Å². The van der Waals surface area contributed by atoms with Crippen LogP contribution >= 0.6 is 0 Å². The van der Waals surface area contributed by atoms with Gasteiger partial charge in [-0.1, -0.05) is 44.4 Å². The van der Waals surface area contributed by atoms with Gasteiger partial charge in [0.1, 0.15) is 5.82 Å². The van der Waals surface area contributed by atoms with Gasteiger partial charge in [-0.2, -0.15) is 0 Å². The quantitative estimate of drug-likeness (QED) is 0.811. The number of hydrogen-bond acceptors (Lipinski definition) is 1. The maximum Gasteiger partial charge on any atom is 0.126 e. The summed E-state index contributed by atoms with van der Waals surface area (Å²) in [5, 5.41) is 3.32. The molecule has 0 bridgehead atoms. The molecule has 1 aromatic carbocycles. The normalized spacial score (nSPS) is 26.6. The lowest BCUT2D eigenvalue weighted by Crippen LogP contribution is -2.33. The van der Waals surface area contributed by atoms with Crippen LogP contribution in [0.25, 0.3) is 0 Å². The van der Waals surface area contributed by atoms with Gasteiger partial charge < -0.3 is 5.32 Å². The second-order valence-electron chi connectivity index (χ2n) is 6.34. The van der Waals surface area contributed by atoms with Crippen LogP contribution in [0.1, 0.15) is 44.6 Å². The third-order valence-electron chi connectivity index (χ3n) is 4.85. The number of benzene rings is 1. The molecule has 2 rings (SSSR count). The van der Waals surface area contributed by atoms with Gasteiger partial charge in [0, 0.05) is 0 Å². The molecular formula is C18H28FN. The van der Waals surface area contributed by atoms with Crippen molar-refractivity contribution in [2.75, 3.05) is 13.6 Å². The van der Waals surface area contributed by atoms with E-state index in [0.717, 1.165) is 24.4 Å². The van der Waals surface area contributed by atoms with Gasteiger partial charge in [0.15, 0.2) is 0 Å². The first-order valence-corrected chi connectivity index (χ1v) is 8.12. The summed E-state index contributed by atoms with van der Waals surface area (Å²) in [5.74, 6) is 2.15. The molecule has 0 amide bonds. The minimum atomic E-state index is -0.0340. The van der Waals surface area contributed by atoms with Gasteiger partial charge in [-0.05, 0) is 62.2 Å². The maximum absolute atomic E-state index is 13.9. The van der Waals surface area contributed by atoms with Crippen molar-refractivity contribution in [3.8, 4) is 0 Å². The molecule has 0 aliphatic heterocycles. The van der Waals surface area contributed by atoms with E-state index in [9.17, 15) is 4.39 Å². The Morgan fingerprint density at radius 2 is 2.00 bits per heavy atom. The molecule has 112 valence electrons. The second-order valence-corrected chi connectivity index (χ2v) is 6.34. The van der Waals surface area contributed by atoms with E-state index < -0.39 is 0 Å². The third kappa shape index (κ3) is 4.05. The molecule has 20 heavy (non-hydrogen) atoms. The lowest BCUT2D eigenvalue weighted by Gasteiger charge is -2.36. The van der Waals surface area contributed by atoms with Crippen LogP contribution in [0.5, 0.6) is 0 Å². The van der Waals surface area contributed by atoms with Crippen LogP contribution in [0.15, 0.2) is 24.3 Å². The molecule has 0 radical (unpaired) electrons. The van der Waals surface area contributed by atoms with Gasteiger partial charge >= 0.3 is 0 Å². The van der Waals surface area contributed by atoms with E-state index in [4.69, 9.17) is 0 Å². The van der Waals surface area contributed by atoms with Gasteiger partial charge in [-0.25, -0.2) is 4.39 Å². The van der Waals surface area contributed by atoms with Gasteiger partial charge in [-0.3, -0.25) is 0 Å². The summed E-state index contributed by atoms with van der Waals surface area (Å²) < 4.78 is 13.9. The number of halogens is 1. The number of rotatable bonds is 6. The molecule has 0 saturated heterocycles. The molecule has 1 saturated carbocycles. The Kier molecular flexibility index (Phi) is 6.03. The Balaban J connectivity index is 2.05. The maximum atomic E-state index is 13.9. The molecule has 1 fully saturated rings. The first-order chi connectivity index (χ1) is 9.74. The van der Waals surface area contributed by atoms with Crippen molar-refractivity contribution in [2.24, 2.45) is 17.8 Å². The highest BCUT2D eigenvalue weighted by Gasteiger charge is 2.30. The lowest BCUT2D eigenvalue weighted by atomic mass is 9.70. The van der Waals surface area contributed by atoms with Crippen LogP contribution in [0, 0.1) is 23.6 Å². The molecule has 2 heteroatoms. The summed E-state index contributed by atoms with van der Waals surface area (Å²) in [6.45, 7) is 3.34. The van der Waals surface area contributed by atoms with Crippen molar-refractivity contribution >= 4 is 0 Å². The zero-order valence-corrected chi connectivity index (χ0v) is 12.9. The molecule has 0 aromatic heterocycles. The minimum Gasteiger partial charge on any atom is -0.319 e.